The summed E-state index contributed by atoms with van der Waals surface area (Å²) < 4.78 is 4.69. The van der Waals surface area contributed by atoms with E-state index in [1.165, 1.54) is 55.3 Å². The number of rotatable bonds is 4. The molecule has 47 heavy (non-hydrogen) atoms. The Morgan fingerprint density at radius 3 is 2.04 bits per heavy atom. The summed E-state index contributed by atoms with van der Waals surface area (Å²) in [6.07, 6.45) is 16.3. The zero-order valence-corrected chi connectivity index (χ0v) is 25.9. The molecule has 2 aliphatic carbocycles. The van der Waals surface area contributed by atoms with E-state index in [0.29, 0.717) is 5.56 Å². The van der Waals surface area contributed by atoms with Crippen LogP contribution in [0.1, 0.15) is 40.8 Å². The van der Waals surface area contributed by atoms with E-state index in [9.17, 15) is 5.26 Å². The molecule has 0 bridgehead atoms. The molecule has 0 saturated carbocycles. The summed E-state index contributed by atoms with van der Waals surface area (Å²) >= 11 is 0. The van der Waals surface area contributed by atoms with E-state index in [1.54, 1.807) is 0 Å². The largest absolute Gasteiger partial charge is 0.309 e. The summed E-state index contributed by atoms with van der Waals surface area (Å²) in [7, 11) is 0. The number of fused-ring (bicyclic) bond motifs is 6. The highest BCUT2D eigenvalue weighted by molar-refractivity contribution is 6.09. The van der Waals surface area contributed by atoms with Crippen molar-refractivity contribution >= 4 is 49.9 Å². The van der Waals surface area contributed by atoms with Crippen molar-refractivity contribution in [3.63, 3.8) is 0 Å². The minimum absolute atomic E-state index is 0.672. The lowest BCUT2D eigenvalue weighted by Crippen LogP contribution is -2.03. The van der Waals surface area contributed by atoms with Crippen LogP contribution < -0.4 is 0 Å². The molecule has 7 aromatic rings. The molecule has 0 spiro atoms. The van der Waals surface area contributed by atoms with E-state index in [-0.39, 0.29) is 0 Å². The molecule has 3 heteroatoms. The number of nitriles is 1. The van der Waals surface area contributed by atoms with Crippen LogP contribution in [0.3, 0.4) is 0 Å². The van der Waals surface area contributed by atoms with Gasteiger partial charge >= 0.3 is 0 Å². The molecule has 0 saturated heterocycles. The average molecular weight is 602 g/mol. The van der Waals surface area contributed by atoms with Crippen LogP contribution in [0, 0.1) is 11.3 Å². The molecule has 2 aliphatic rings. The first kappa shape index (κ1) is 27.2. The molecule has 2 aromatic heterocycles. The van der Waals surface area contributed by atoms with Crippen LogP contribution >= 0.6 is 0 Å². The van der Waals surface area contributed by atoms with Crippen LogP contribution in [0.25, 0.3) is 61.3 Å². The normalized spacial score (nSPS) is 14.2. The van der Waals surface area contributed by atoms with Gasteiger partial charge in [-0.15, -0.1) is 0 Å². The van der Waals surface area contributed by atoms with Crippen LogP contribution in [0.5, 0.6) is 0 Å². The maximum atomic E-state index is 10.2. The van der Waals surface area contributed by atoms with Gasteiger partial charge < -0.3 is 9.13 Å². The molecule has 5 aromatic carbocycles. The lowest BCUT2D eigenvalue weighted by Gasteiger charge is -2.15. The second kappa shape index (κ2) is 11.1. The Kier molecular flexibility index (Phi) is 6.40. The van der Waals surface area contributed by atoms with Crippen molar-refractivity contribution in [2.75, 3.05) is 0 Å². The fourth-order valence-corrected chi connectivity index (χ4v) is 7.58. The molecule has 9 rings (SSSR count). The highest BCUT2D eigenvalue weighted by Crippen LogP contribution is 2.38. The first-order valence-corrected chi connectivity index (χ1v) is 16.3. The minimum atomic E-state index is 0.672. The predicted octanol–water partition coefficient (Wildman–Crippen LogP) is 11.0. The Balaban J connectivity index is 1.17. The van der Waals surface area contributed by atoms with Crippen molar-refractivity contribution < 1.29 is 0 Å². The van der Waals surface area contributed by atoms with Crippen molar-refractivity contribution in [1.82, 2.24) is 9.13 Å². The lowest BCUT2D eigenvalue weighted by molar-refractivity contribution is 0.966. The molecule has 0 aliphatic heterocycles. The molecule has 0 atom stereocenters. The highest BCUT2D eigenvalue weighted by atomic mass is 15.0. The minimum Gasteiger partial charge on any atom is -0.309 e. The Morgan fingerprint density at radius 1 is 0.596 bits per heavy atom. The number of hydrogen-bond donors (Lipinski definition) is 0. The van der Waals surface area contributed by atoms with Crippen LogP contribution in [-0.2, 0) is 6.42 Å². The summed E-state index contributed by atoms with van der Waals surface area (Å²) in [5.41, 5.74) is 13.6. The second-order valence-corrected chi connectivity index (χ2v) is 12.3. The van der Waals surface area contributed by atoms with Crippen LogP contribution in [0.2, 0.25) is 0 Å². The molecule has 3 nitrogen and oxygen atoms in total. The van der Waals surface area contributed by atoms with Gasteiger partial charge in [0.05, 0.1) is 33.5 Å². The van der Waals surface area contributed by atoms with Crippen molar-refractivity contribution in [2.45, 2.75) is 19.3 Å². The third kappa shape index (κ3) is 4.34. The summed E-state index contributed by atoms with van der Waals surface area (Å²) in [5.74, 6) is 0. The molecule has 0 N–H and O–H groups in total. The van der Waals surface area contributed by atoms with E-state index in [0.717, 1.165) is 41.6 Å². The van der Waals surface area contributed by atoms with Gasteiger partial charge in [0.15, 0.2) is 0 Å². The lowest BCUT2D eigenvalue weighted by atomic mass is 10.00. The van der Waals surface area contributed by atoms with Crippen LogP contribution in [0.4, 0.5) is 0 Å². The van der Waals surface area contributed by atoms with Crippen molar-refractivity contribution in [1.29, 1.82) is 5.26 Å². The van der Waals surface area contributed by atoms with Crippen molar-refractivity contribution in [2.24, 2.45) is 0 Å². The summed E-state index contributed by atoms with van der Waals surface area (Å²) in [6, 6.07) is 43.4. The topological polar surface area (TPSA) is 33.6 Å². The first-order valence-electron chi connectivity index (χ1n) is 16.3. The summed E-state index contributed by atoms with van der Waals surface area (Å²) in [5, 5.41) is 14.0. The smallest absolute Gasteiger partial charge is 0.101 e. The van der Waals surface area contributed by atoms with Gasteiger partial charge in [-0.1, -0.05) is 109 Å². The van der Waals surface area contributed by atoms with Gasteiger partial charge in [0.25, 0.3) is 0 Å². The molecule has 0 radical (unpaired) electrons. The number of para-hydroxylation sites is 4. The number of benzene rings is 5. The van der Waals surface area contributed by atoms with Crippen molar-refractivity contribution in [3.05, 3.63) is 174 Å². The Labute approximate surface area is 273 Å². The zero-order chi connectivity index (χ0) is 31.3. The highest BCUT2D eigenvalue weighted by Gasteiger charge is 2.21. The molecule has 0 fully saturated rings. The van der Waals surface area contributed by atoms with Gasteiger partial charge in [-0.3, -0.25) is 0 Å². The monoisotopic (exact) mass is 601 g/mol. The maximum absolute atomic E-state index is 10.2. The molecule has 0 amide bonds. The van der Waals surface area contributed by atoms with Gasteiger partial charge in [-0.25, -0.2) is 0 Å². The number of nitrogens with zero attached hydrogens (tertiary/aromatic N) is 3. The Hall–Kier alpha value is -6.11. The first-order chi connectivity index (χ1) is 23.3. The summed E-state index contributed by atoms with van der Waals surface area (Å²) in [6.45, 7) is 0. The Bertz CT molecular complexity index is 2500. The van der Waals surface area contributed by atoms with E-state index in [2.05, 4.69) is 161 Å². The predicted molar refractivity (Wildman–Crippen MR) is 196 cm³/mol. The van der Waals surface area contributed by atoms with E-state index >= 15 is 0 Å². The van der Waals surface area contributed by atoms with Gasteiger partial charge in [-0.05, 0) is 84.0 Å². The van der Waals surface area contributed by atoms with Gasteiger partial charge in [0, 0.05) is 27.4 Å². The van der Waals surface area contributed by atoms with E-state index < -0.39 is 0 Å². The zero-order valence-electron chi connectivity index (χ0n) is 25.9. The van der Waals surface area contributed by atoms with Crippen molar-refractivity contribution in [3.8, 4) is 17.4 Å². The van der Waals surface area contributed by atoms with Gasteiger partial charge in [0.1, 0.15) is 6.07 Å². The van der Waals surface area contributed by atoms with Crippen LogP contribution in [-0.4, -0.2) is 9.13 Å². The number of aryl methyl sites for hydroxylation is 1. The van der Waals surface area contributed by atoms with Gasteiger partial charge in [-0.2, -0.15) is 5.26 Å². The molecular formula is C44H31N3. The van der Waals surface area contributed by atoms with Crippen LogP contribution in [0.15, 0.2) is 146 Å². The maximum Gasteiger partial charge on any atom is 0.101 e. The molecule has 2 heterocycles. The number of hydrogen-bond acceptors (Lipinski definition) is 1. The molecule has 0 unspecified atom stereocenters. The molecular weight excluding hydrogens is 571 g/mol. The third-order valence-electron chi connectivity index (χ3n) is 9.72. The average Bonchev–Trinajstić information content (AvgIpc) is 3.52. The quantitative estimate of drug-likeness (QED) is 0.198. The summed E-state index contributed by atoms with van der Waals surface area (Å²) in [4.78, 5) is 0. The Morgan fingerprint density at radius 2 is 1.28 bits per heavy atom. The SMILES string of the molecule is N#Cc1ccc(C2=CC=C(c3ccccc3-n3c4ccccc4c4ccccc43)CC=C2)cc1-n1c2c(c3ccccc31)CCC=C2. The van der Waals surface area contributed by atoms with E-state index in [1.807, 2.05) is 6.07 Å². The number of allylic oxidation sites excluding steroid dienone is 7. The fourth-order valence-electron chi connectivity index (χ4n) is 7.58. The molecule has 222 valence electrons. The third-order valence-corrected chi connectivity index (χ3v) is 9.72. The second-order valence-electron chi connectivity index (χ2n) is 12.3. The van der Waals surface area contributed by atoms with E-state index in [4.69, 9.17) is 0 Å². The number of aromatic nitrogens is 2. The fraction of sp³-hybridized carbons (Fsp3) is 0.0682. The standard InChI is InChI=1S/C44H31N3/c45-29-33-27-26-32(28-44(33)47-42-22-9-4-17-37(42)38-18-5-10-23-43(38)47)30-12-11-13-31(25-24-30)34-14-1-6-19-39(34)46-40-20-7-2-15-35(40)36-16-3-8-21-41(36)46/h1-4,6-12,14-17,19-28H,5,13,18H2. The van der Waals surface area contributed by atoms with Gasteiger partial charge in [0.2, 0.25) is 0 Å².